The lowest BCUT2D eigenvalue weighted by Gasteiger charge is -2.33. The van der Waals surface area contributed by atoms with Gasteiger partial charge >= 0.3 is 0 Å². The van der Waals surface area contributed by atoms with Gasteiger partial charge in [0, 0.05) is 24.9 Å². The maximum Gasteiger partial charge on any atom is 0.223 e. The molecule has 1 saturated carbocycles. The first-order chi connectivity index (χ1) is 9.78. The molecule has 1 aromatic carbocycles. The fourth-order valence-electron chi connectivity index (χ4n) is 4.01. The summed E-state index contributed by atoms with van der Waals surface area (Å²) in [6.45, 7) is 0.999. The molecule has 0 unspecified atom stereocenters. The van der Waals surface area contributed by atoms with Gasteiger partial charge in [-0.25, -0.2) is 0 Å². The van der Waals surface area contributed by atoms with Gasteiger partial charge in [0.2, 0.25) is 5.91 Å². The fraction of sp³-hybridized carbons (Fsp3) is 0.588. The van der Waals surface area contributed by atoms with Gasteiger partial charge < -0.3 is 9.64 Å². The molecule has 1 aliphatic heterocycles. The SMILES string of the molecule is COc1cccc2c1CC[C@@H]1[C@H]2CC(=O)N1CC1CC1. The largest absolute Gasteiger partial charge is 0.496 e. The Hall–Kier alpha value is -1.51. The van der Waals surface area contributed by atoms with E-state index in [0.717, 1.165) is 31.1 Å². The molecule has 2 fully saturated rings. The molecule has 0 spiro atoms. The Kier molecular flexibility index (Phi) is 2.76. The highest BCUT2D eigenvalue weighted by molar-refractivity contribution is 5.81. The maximum absolute atomic E-state index is 12.4. The molecule has 106 valence electrons. The van der Waals surface area contributed by atoms with Gasteiger partial charge in [0.05, 0.1) is 7.11 Å². The predicted octanol–water partition coefficient (Wildman–Crippen LogP) is 2.74. The van der Waals surface area contributed by atoms with Gasteiger partial charge in [-0.1, -0.05) is 12.1 Å². The van der Waals surface area contributed by atoms with Gasteiger partial charge in [-0.15, -0.1) is 0 Å². The van der Waals surface area contributed by atoms with Crippen LogP contribution in [0.15, 0.2) is 18.2 Å². The third-order valence-electron chi connectivity index (χ3n) is 5.21. The number of hydrogen-bond acceptors (Lipinski definition) is 2. The predicted molar refractivity (Wildman–Crippen MR) is 76.9 cm³/mol. The first kappa shape index (κ1) is 12.2. The number of carbonyl (C=O) groups is 1. The van der Waals surface area contributed by atoms with Crippen molar-refractivity contribution in [3.63, 3.8) is 0 Å². The first-order valence-corrected chi connectivity index (χ1v) is 7.73. The van der Waals surface area contributed by atoms with Crippen LogP contribution in [0.2, 0.25) is 0 Å². The number of ether oxygens (including phenoxy) is 1. The van der Waals surface area contributed by atoms with E-state index in [4.69, 9.17) is 4.74 Å². The third kappa shape index (κ3) is 1.83. The van der Waals surface area contributed by atoms with Crippen molar-refractivity contribution in [2.24, 2.45) is 5.92 Å². The van der Waals surface area contributed by atoms with Crippen LogP contribution in [0, 0.1) is 5.92 Å². The molecule has 0 radical (unpaired) electrons. The Balaban J connectivity index is 1.67. The number of fused-ring (bicyclic) bond motifs is 3. The highest BCUT2D eigenvalue weighted by Crippen LogP contribution is 2.45. The summed E-state index contributed by atoms with van der Waals surface area (Å²) in [7, 11) is 1.74. The summed E-state index contributed by atoms with van der Waals surface area (Å²) < 4.78 is 5.49. The van der Waals surface area contributed by atoms with Crippen molar-refractivity contribution in [2.75, 3.05) is 13.7 Å². The van der Waals surface area contributed by atoms with Crippen LogP contribution in [0.4, 0.5) is 0 Å². The first-order valence-electron chi connectivity index (χ1n) is 7.73. The van der Waals surface area contributed by atoms with Gasteiger partial charge in [-0.3, -0.25) is 4.79 Å². The van der Waals surface area contributed by atoms with Gasteiger partial charge in [0.25, 0.3) is 0 Å². The van der Waals surface area contributed by atoms with Crippen molar-refractivity contribution in [3.05, 3.63) is 29.3 Å². The summed E-state index contributed by atoms with van der Waals surface area (Å²) in [5, 5.41) is 0. The number of hydrogen-bond donors (Lipinski definition) is 0. The van der Waals surface area contributed by atoms with E-state index in [2.05, 4.69) is 17.0 Å². The van der Waals surface area contributed by atoms with Crippen molar-refractivity contribution in [2.45, 2.75) is 44.1 Å². The molecule has 4 rings (SSSR count). The molecule has 2 atom stereocenters. The zero-order chi connectivity index (χ0) is 13.7. The van der Waals surface area contributed by atoms with Crippen molar-refractivity contribution in [3.8, 4) is 5.75 Å². The van der Waals surface area contributed by atoms with E-state index in [1.54, 1.807) is 7.11 Å². The van der Waals surface area contributed by atoms with E-state index in [-0.39, 0.29) is 0 Å². The van der Waals surface area contributed by atoms with Crippen molar-refractivity contribution in [1.29, 1.82) is 0 Å². The maximum atomic E-state index is 12.4. The number of amides is 1. The summed E-state index contributed by atoms with van der Waals surface area (Å²) in [4.78, 5) is 14.5. The number of rotatable bonds is 3. The van der Waals surface area contributed by atoms with Crippen LogP contribution in [0.1, 0.15) is 42.7 Å². The van der Waals surface area contributed by atoms with Crippen LogP contribution < -0.4 is 4.74 Å². The summed E-state index contributed by atoms with van der Waals surface area (Å²) in [5.41, 5.74) is 2.68. The lowest BCUT2D eigenvalue weighted by atomic mass is 9.79. The molecule has 0 N–H and O–H groups in total. The van der Waals surface area contributed by atoms with Crippen LogP contribution in [-0.4, -0.2) is 30.5 Å². The monoisotopic (exact) mass is 271 g/mol. The molecule has 1 saturated heterocycles. The quantitative estimate of drug-likeness (QED) is 0.846. The highest BCUT2D eigenvalue weighted by Gasteiger charge is 2.45. The normalized spacial score (nSPS) is 28.2. The Labute approximate surface area is 119 Å². The summed E-state index contributed by atoms with van der Waals surface area (Å²) in [6, 6.07) is 6.73. The molecule has 3 aliphatic rings. The Morgan fingerprint density at radius 1 is 1.30 bits per heavy atom. The van der Waals surface area contributed by atoms with Gasteiger partial charge in [-0.2, -0.15) is 0 Å². The molecule has 3 nitrogen and oxygen atoms in total. The Morgan fingerprint density at radius 3 is 2.90 bits per heavy atom. The molecule has 1 amide bonds. The van der Waals surface area contributed by atoms with Gasteiger partial charge in [0.1, 0.15) is 5.75 Å². The summed E-state index contributed by atoms with van der Waals surface area (Å²) >= 11 is 0. The van der Waals surface area contributed by atoms with Crippen molar-refractivity contribution in [1.82, 2.24) is 4.90 Å². The Morgan fingerprint density at radius 2 is 2.15 bits per heavy atom. The minimum absolute atomic E-state index is 0.363. The zero-order valence-electron chi connectivity index (χ0n) is 12.0. The lowest BCUT2D eigenvalue weighted by molar-refractivity contribution is -0.129. The van der Waals surface area contributed by atoms with Crippen molar-refractivity contribution < 1.29 is 9.53 Å². The van der Waals surface area contributed by atoms with E-state index in [9.17, 15) is 4.79 Å². The lowest BCUT2D eigenvalue weighted by Crippen LogP contribution is -2.38. The van der Waals surface area contributed by atoms with Crippen molar-refractivity contribution >= 4 is 5.91 Å². The standard InChI is InChI=1S/C17H21NO2/c1-20-16-4-2-3-12-13(16)7-8-15-14(12)9-17(19)18(15)10-11-5-6-11/h2-4,11,14-15H,5-10H2,1H3/t14-,15+/m0/s1. The summed E-state index contributed by atoms with van der Waals surface area (Å²) in [6.07, 6.45) is 5.44. The molecule has 0 aromatic heterocycles. The smallest absolute Gasteiger partial charge is 0.223 e. The van der Waals surface area contributed by atoms with Crippen LogP contribution in [0.3, 0.4) is 0 Å². The van der Waals surface area contributed by atoms with E-state index < -0.39 is 0 Å². The minimum atomic E-state index is 0.363. The molecule has 3 heteroatoms. The molecular formula is C17H21NO2. The van der Waals surface area contributed by atoms with Crippen LogP contribution in [0.5, 0.6) is 5.75 Å². The number of methoxy groups -OCH3 is 1. The second kappa shape index (κ2) is 4.51. The van der Waals surface area contributed by atoms with Gasteiger partial charge in [-0.05, 0) is 48.8 Å². The van der Waals surface area contributed by atoms with Gasteiger partial charge in [0.15, 0.2) is 0 Å². The minimum Gasteiger partial charge on any atom is -0.496 e. The highest BCUT2D eigenvalue weighted by atomic mass is 16.5. The second-order valence-corrected chi connectivity index (χ2v) is 6.43. The van der Waals surface area contributed by atoms with E-state index in [1.807, 2.05) is 6.07 Å². The van der Waals surface area contributed by atoms with Crippen LogP contribution >= 0.6 is 0 Å². The average molecular weight is 271 g/mol. The number of likely N-dealkylation sites (tertiary alicyclic amines) is 1. The number of carbonyl (C=O) groups excluding carboxylic acids is 1. The van der Waals surface area contributed by atoms with Crippen LogP contribution in [-0.2, 0) is 11.2 Å². The molecule has 20 heavy (non-hydrogen) atoms. The molecular weight excluding hydrogens is 250 g/mol. The topological polar surface area (TPSA) is 29.5 Å². The molecule has 0 bridgehead atoms. The number of benzene rings is 1. The van der Waals surface area contributed by atoms with E-state index in [0.29, 0.717) is 24.3 Å². The zero-order valence-corrected chi connectivity index (χ0v) is 12.0. The third-order valence-corrected chi connectivity index (χ3v) is 5.21. The average Bonchev–Trinajstić information content (AvgIpc) is 3.23. The van der Waals surface area contributed by atoms with Crippen LogP contribution in [0.25, 0.3) is 0 Å². The Bertz CT molecular complexity index is 550. The van der Waals surface area contributed by atoms with E-state index in [1.165, 1.54) is 24.0 Å². The molecule has 1 heterocycles. The second-order valence-electron chi connectivity index (χ2n) is 6.43. The summed E-state index contributed by atoms with van der Waals surface area (Å²) in [5.74, 6) is 2.53. The molecule has 1 aromatic rings. The molecule has 2 aliphatic carbocycles. The van der Waals surface area contributed by atoms with E-state index >= 15 is 0 Å². The number of nitrogens with zero attached hydrogens (tertiary/aromatic N) is 1. The fourth-order valence-corrected chi connectivity index (χ4v) is 4.01.